The van der Waals surface area contributed by atoms with Gasteiger partial charge in [0.15, 0.2) is 6.10 Å². The second-order valence-electron chi connectivity index (χ2n) is 4.14. The summed E-state index contributed by atoms with van der Waals surface area (Å²) < 4.78 is 0. The van der Waals surface area contributed by atoms with E-state index in [2.05, 4.69) is 6.92 Å². The van der Waals surface area contributed by atoms with Crippen LogP contribution in [0.4, 0.5) is 0 Å². The van der Waals surface area contributed by atoms with E-state index in [4.69, 9.17) is 5.11 Å². The second-order valence-corrected chi connectivity index (χ2v) is 4.14. The van der Waals surface area contributed by atoms with Gasteiger partial charge in [-0.05, 0) is 35.4 Å². The van der Waals surface area contributed by atoms with Crippen molar-refractivity contribution >= 4 is 5.97 Å². The average Bonchev–Trinajstić information content (AvgIpc) is 2.59. The lowest BCUT2D eigenvalue weighted by Gasteiger charge is -2.10. The fourth-order valence-corrected chi connectivity index (χ4v) is 2.14. The molecular formula is C12H14O3. The van der Waals surface area contributed by atoms with Crippen LogP contribution in [0, 0.1) is 0 Å². The van der Waals surface area contributed by atoms with Gasteiger partial charge in [0.25, 0.3) is 0 Å². The third-order valence-corrected chi connectivity index (χ3v) is 3.10. The minimum absolute atomic E-state index is 0.473. The Morgan fingerprint density at radius 3 is 2.93 bits per heavy atom. The molecule has 1 aromatic rings. The van der Waals surface area contributed by atoms with Gasteiger partial charge in [-0.3, -0.25) is 0 Å². The quantitative estimate of drug-likeness (QED) is 0.776. The van der Waals surface area contributed by atoms with Crippen LogP contribution in [0.3, 0.4) is 0 Å². The third kappa shape index (κ3) is 1.75. The van der Waals surface area contributed by atoms with Crippen LogP contribution in [-0.2, 0) is 11.2 Å². The number of hydrogen-bond acceptors (Lipinski definition) is 2. The van der Waals surface area contributed by atoms with Crippen molar-refractivity contribution in [3.05, 3.63) is 34.9 Å². The van der Waals surface area contributed by atoms with Gasteiger partial charge in [0.1, 0.15) is 0 Å². The molecule has 0 heterocycles. The minimum Gasteiger partial charge on any atom is -0.479 e. The van der Waals surface area contributed by atoms with Crippen LogP contribution in [-0.4, -0.2) is 16.2 Å². The van der Waals surface area contributed by atoms with E-state index >= 15 is 0 Å². The Labute approximate surface area is 88.4 Å². The van der Waals surface area contributed by atoms with Crippen molar-refractivity contribution in [2.75, 3.05) is 0 Å². The number of hydrogen-bond donors (Lipinski definition) is 2. The van der Waals surface area contributed by atoms with Gasteiger partial charge >= 0.3 is 5.97 Å². The van der Waals surface area contributed by atoms with E-state index in [1.807, 2.05) is 12.1 Å². The number of aliphatic hydroxyl groups is 1. The normalized spacial score (nSPS) is 21.1. The Bertz CT molecular complexity index is 398. The number of carbonyl (C=O) groups is 1. The summed E-state index contributed by atoms with van der Waals surface area (Å²) in [5, 5.41) is 18.1. The molecule has 1 aliphatic carbocycles. The van der Waals surface area contributed by atoms with Gasteiger partial charge in [-0.15, -0.1) is 0 Å². The van der Waals surface area contributed by atoms with Crippen LogP contribution in [0.25, 0.3) is 0 Å². The monoisotopic (exact) mass is 206 g/mol. The summed E-state index contributed by atoms with van der Waals surface area (Å²) in [6.07, 6.45) is 0.769. The van der Waals surface area contributed by atoms with E-state index in [1.54, 1.807) is 6.07 Å². The Kier molecular flexibility index (Phi) is 2.49. The highest BCUT2D eigenvalue weighted by molar-refractivity contribution is 5.74. The number of aliphatic hydroxyl groups excluding tert-OH is 1. The fourth-order valence-electron chi connectivity index (χ4n) is 2.14. The van der Waals surface area contributed by atoms with Gasteiger partial charge in [0, 0.05) is 0 Å². The van der Waals surface area contributed by atoms with Crippen molar-refractivity contribution in [2.24, 2.45) is 0 Å². The van der Waals surface area contributed by atoms with Crippen molar-refractivity contribution in [2.45, 2.75) is 31.8 Å². The lowest BCUT2D eigenvalue weighted by Crippen LogP contribution is -2.10. The first-order valence-electron chi connectivity index (χ1n) is 5.13. The largest absolute Gasteiger partial charge is 0.479 e. The summed E-state index contributed by atoms with van der Waals surface area (Å²) in [6.45, 7) is 2.13. The van der Waals surface area contributed by atoms with E-state index < -0.39 is 12.1 Å². The number of carboxylic acid groups (broad SMARTS) is 1. The van der Waals surface area contributed by atoms with Crippen LogP contribution in [0.2, 0.25) is 0 Å². The highest BCUT2D eigenvalue weighted by Gasteiger charge is 2.22. The zero-order valence-corrected chi connectivity index (χ0v) is 8.60. The molecule has 0 saturated carbocycles. The predicted molar refractivity (Wildman–Crippen MR) is 55.8 cm³/mol. The van der Waals surface area contributed by atoms with E-state index in [9.17, 15) is 9.90 Å². The van der Waals surface area contributed by atoms with E-state index in [0.717, 1.165) is 12.8 Å². The van der Waals surface area contributed by atoms with Gasteiger partial charge in [0.2, 0.25) is 0 Å². The molecule has 0 saturated heterocycles. The fraction of sp³-hybridized carbons (Fsp3) is 0.417. The van der Waals surface area contributed by atoms with Gasteiger partial charge in [0.05, 0.1) is 0 Å². The first-order valence-corrected chi connectivity index (χ1v) is 5.13. The lowest BCUT2D eigenvalue weighted by molar-refractivity contribution is -0.146. The molecule has 2 rings (SSSR count). The Morgan fingerprint density at radius 2 is 2.27 bits per heavy atom. The molecule has 2 atom stereocenters. The van der Waals surface area contributed by atoms with Crippen LogP contribution in [0.5, 0.6) is 0 Å². The molecule has 0 aliphatic heterocycles. The lowest BCUT2D eigenvalue weighted by atomic mass is 9.98. The molecule has 3 heteroatoms. The Hall–Kier alpha value is -1.35. The molecule has 1 aliphatic rings. The number of rotatable bonds is 2. The first kappa shape index (κ1) is 10.2. The summed E-state index contributed by atoms with van der Waals surface area (Å²) in [5.41, 5.74) is 2.95. The second kappa shape index (κ2) is 3.66. The minimum atomic E-state index is -1.40. The molecule has 80 valence electrons. The molecule has 3 nitrogen and oxygen atoms in total. The molecule has 0 fully saturated rings. The zero-order valence-electron chi connectivity index (χ0n) is 8.60. The molecule has 0 aromatic heterocycles. The smallest absolute Gasteiger partial charge is 0.337 e. The summed E-state index contributed by atoms with van der Waals surface area (Å²) in [4.78, 5) is 10.6. The molecule has 2 unspecified atom stereocenters. The van der Waals surface area contributed by atoms with Gasteiger partial charge in [-0.2, -0.15) is 0 Å². The zero-order chi connectivity index (χ0) is 11.0. The van der Waals surface area contributed by atoms with Crippen LogP contribution >= 0.6 is 0 Å². The van der Waals surface area contributed by atoms with Gasteiger partial charge in [-0.25, -0.2) is 4.79 Å². The van der Waals surface area contributed by atoms with Crippen molar-refractivity contribution in [1.29, 1.82) is 0 Å². The molecule has 1 aromatic carbocycles. The number of aryl methyl sites for hydroxylation is 1. The maximum atomic E-state index is 10.6. The molecular weight excluding hydrogens is 192 g/mol. The summed E-state index contributed by atoms with van der Waals surface area (Å²) in [6, 6.07) is 5.46. The third-order valence-electron chi connectivity index (χ3n) is 3.10. The summed E-state index contributed by atoms with van der Waals surface area (Å²) in [7, 11) is 0. The standard InChI is InChI=1S/C12H14O3/c1-7-2-3-8-4-5-9(6-10(7)8)11(13)12(14)15/h4-7,11,13H,2-3H2,1H3,(H,14,15). The topological polar surface area (TPSA) is 57.5 Å². The number of carboxylic acids is 1. The van der Waals surface area contributed by atoms with E-state index in [1.165, 1.54) is 11.1 Å². The van der Waals surface area contributed by atoms with Crippen molar-refractivity contribution in [3.8, 4) is 0 Å². The van der Waals surface area contributed by atoms with E-state index in [0.29, 0.717) is 11.5 Å². The van der Waals surface area contributed by atoms with Crippen molar-refractivity contribution in [1.82, 2.24) is 0 Å². The van der Waals surface area contributed by atoms with Crippen molar-refractivity contribution in [3.63, 3.8) is 0 Å². The maximum Gasteiger partial charge on any atom is 0.337 e. The molecule has 0 radical (unpaired) electrons. The highest BCUT2D eigenvalue weighted by atomic mass is 16.4. The number of aliphatic carboxylic acids is 1. The average molecular weight is 206 g/mol. The molecule has 0 bridgehead atoms. The molecule has 15 heavy (non-hydrogen) atoms. The number of benzene rings is 1. The molecule has 0 spiro atoms. The van der Waals surface area contributed by atoms with Gasteiger partial charge < -0.3 is 10.2 Å². The summed E-state index contributed by atoms with van der Waals surface area (Å²) >= 11 is 0. The van der Waals surface area contributed by atoms with Crippen molar-refractivity contribution < 1.29 is 15.0 Å². The Balaban J connectivity index is 2.37. The first-order chi connectivity index (χ1) is 7.09. The highest BCUT2D eigenvalue weighted by Crippen LogP contribution is 2.34. The van der Waals surface area contributed by atoms with E-state index in [-0.39, 0.29) is 0 Å². The molecule has 2 N–H and O–H groups in total. The summed E-state index contributed by atoms with van der Waals surface area (Å²) in [5.74, 6) is -0.721. The molecule has 0 amide bonds. The predicted octanol–water partition coefficient (Wildman–Crippen LogP) is 1.85. The van der Waals surface area contributed by atoms with Crippen LogP contribution in [0.15, 0.2) is 18.2 Å². The van der Waals surface area contributed by atoms with Gasteiger partial charge in [-0.1, -0.05) is 25.1 Å². The SMILES string of the molecule is CC1CCc2ccc(C(O)C(=O)O)cc21. The number of fused-ring (bicyclic) bond motifs is 1. The maximum absolute atomic E-state index is 10.6. The van der Waals surface area contributed by atoms with Crippen LogP contribution in [0.1, 0.15) is 42.1 Å². The Morgan fingerprint density at radius 1 is 1.53 bits per heavy atom. The van der Waals surface area contributed by atoms with Crippen LogP contribution < -0.4 is 0 Å².